The number of anilines is 1. The molecule has 1 N–H and O–H groups in total. The predicted molar refractivity (Wildman–Crippen MR) is 66.4 cm³/mol. The van der Waals surface area contributed by atoms with Crippen LogP contribution in [0.15, 0.2) is 36.4 Å². The number of rotatable bonds is 3. The first kappa shape index (κ1) is 15.2. The standard InChI is InChI=1S/C14H16NO.K/c1-10(2)15-14-6-5-12-7-11(9-16)3-4-13(12)8-14;/h3-8,10,15H,9H2,1-2H3;/q-1;+1. The molecule has 0 bridgehead atoms. The summed E-state index contributed by atoms with van der Waals surface area (Å²) in [4.78, 5) is 0. The van der Waals surface area contributed by atoms with E-state index in [9.17, 15) is 5.11 Å². The summed E-state index contributed by atoms with van der Waals surface area (Å²) in [6.45, 7) is 4.08. The fourth-order valence-electron chi connectivity index (χ4n) is 1.81. The Balaban J connectivity index is 0.00000144. The van der Waals surface area contributed by atoms with Crippen molar-refractivity contribution in [2.75, 3.05) is 5.32 Å². The summed E-state index contributed by atoms with van der Waals surface area (Å²) in [6.07, 6.45) is 0. The zero-order chi connectivity index (χ0) is 11.5. The molecule has 3 heteroatoms. The third kappa shape index (κ3) is 4.05. The van der Waals surface area contributed by atoms with E-state index < -0.39 is 0 Å². The van der Waals surface area contributed by atoms with Gasteiger partial charge >= 0.3 is 51.4 Å². The van der Waals surface area contributed by atoms with Crippen molar-refractivity contribution in [2.24, 2.45) is 0 Å². The zero-order valence-corrected chi connectivity index (χ0v) is 13.8. The summed E-state index contributed by atoms with van der Waals surface area (Å²) >= 11 is 0. The molecule has 84 valence electrons. The fourth-order valence-corrected chi connectivity index (χ4v) is 1.81. The van der Waals surface area contributed by atoms with Crippen molar-refractivity contribution in [2.45, 2.75) is 26.5 Å². The summed E-state index contributed by atoms with van der Waals surface area (Å²) < 4.78 is 0. The molecule has 2 rings (SSSR count). The fraction of sp³-hybridized carbons (Fsp3) is 0.286. The Kier molecular flexibility index (Phi) is 6.13. The van der Waals surface area contributed by atoms with E-state index in [2.05, 4.69) is 37.4 Å². The first-order chi connectivity index (χ1) is 7.69. The largest absolute Gasteiger partial charge is 1.00 e. The van der Waals surface area contributed by atoms with Crippen molar-refractivity contribution in [3.8, 4) is 0 Å². The van der Waals surface area contributed by atoms with E-state index in [0.717, 1.165) is 16.6 Å². The summed E-state index contributed by atoms with van der Waals surface area (Å²) in [5.74, 6) is 0. The minimum Gasteiger partial charge on any atom is -0.851 e. The van der Waals surface area contributed by atoms with Gasteiger partial charge in [0.15, 0.2) is 0 Å². The third-order valence-electron chi connectivity index (χ3n) is 2.53. The Bertz CT molecular complexity index is 497. The van der Waals surface area contributed by atoms with Gasteiger partial charge in [-0.15, -0.1) is 6.61 Å². The summed E-state index contributed by atoms with van der Waals surface area (Å²) in [7, 11) is 0. The van der Waals surface area contributed by atoms with E-state index in [1.807, 2.05) is 18.2 Å². The van der Waals surface area contributed by atoms with Crippen molar-refractivity contribution in [3.05, 3.63) is 42.0 Å². The molecule has 0 aliphatic rings. The molecule has 0 aliphatic heterocycles. The minimum absolute atomic E-state index is 0. The van der Waals surface area contributed by atoms with Gasteiger partial charge in [-0.1, -0.05) is 29.8 Å². The minimum atomic E-state index is -0.151. The molecule has 0 heterocycles. The number of fused-ring (bicyclic) bond motifs is 1. The Morgan fingerprint density at radius 3 is 2.35 bits per heavy atom. The topological polar surface area (TPSA) is 35.1 Å². The van der Waals surface area contributed by atoms with Gasteiger partial charge in [-0.25, -0.2) is 0 Å². The Morgan fingerprint density at radius 2 is 1.71 bits per heavy atom. The monoisotopic (exact) mass is 253 g/mol. The molecular formula is C14H16KNO. The Hall–Kier alpha value is 0.0964. The molecule has 2 aromatic rings. The SMILES string of the molecule is CC(C)Nc1ccc2cc(C[O-])ccc2c1.[K+]. The van der Waals surface area contributed by atoms with E-state index in [1.165, 1.54) is 5.39 Å². The quantitative estimate of drug-likeness (QED) is 0.750. The second kappa shape index (κ2) is 6.88. The molecule has 17 heavy (non-hydrogen) atoms. The first-order valence-corrected chi connectivity index (χ1v) is 5.56. The molecule has 2 nitrogen and oxygen atoms in total. The molecule has 0 aliphatic carbocycles. The van der Waals surface area contributed by atoms with Gasteiger partial charge in [0.1, 0.15) is 0 Å². The summed E-state index contributed by atoms with van der Waals surface area (Å²) in [6, 6.07) is 12.5. The van der Waals surface area contributed by atoms with Crippen LogP contribution < -0.4 is 61.8 Å². The average molecular weight is 253 g/mol. The van der Waals surface area contributed by atoms with E-state index >= 15 is 0 Å². The average Bonchev–Trinajstić information content (AvgIpc) is 2.27. The van der Waals surface area contributed by atoms with Gasteiger partial charge in [-0.3, -0.25) is 0 Å². The molecule has 0 saturated carbocycles. The maximum Gasteiger partial charge on any atom is 1.00 e. The summed E-state index contributed by atoms with van der Waals surface area (Å²) in [5.41, 5.74) is 1.97. The molecule has 0 amide bonds. The molecule has 2 aromatic carbocycles. The number of hydrogen-bond donors (Lipinski definition) is 1. The maximum atomic E-state index is 10.8. The third-order valence-corrected chi connectivity index (χ3v) is 2.53. The van der Waals surface area contributed by atoms with Gasteiger partial charge in [0.05, 0.1) is 0 Å². The normalized spacial score (nSPS) is 10.4. The van der Waals surface area contributed by atoms with Crippen molar-refractivity contribution in [3.63, 3.8) is 0 Å². The maximum absolute atomic E-state index is 10.8. The van der Waals surface area contributed by atoms with Gasteiger partial charge < -0.3 is 10.4 Å². The second-order valence-corrected chi connectivity index (χ2v) is 4.34. The van der Waals surface area contributed by atoms with Crippen molar-refractivity contribution < 1.29 is 56.5 Å². The molecule has 0 fully saturated rings. The van der Waals surface area contributed by atoms with E-state index in [1.54, 1.807) is 0 Å². The number of hydrogen-bond acceptors (Lipinski definition) is 2. The molecule has 0 saturated heterocycles. The number of benzene rings is 2. The van der Waals surface area contributed by atoms with Gasteiger partial charge in [-0.2, -0.15) is 0 Å². The summed E-state index contributed by atoms with van der Waals surface area (Å²) in [5, 5.41) is 16.4. The first-order valence-electron chi connectivity index (χ1n) is 5.56. The number of nitrogens with one attached hydrogen (secondary N) is 1. The Labute approximate surface area is 145 Å². The van der Waals surface area contributed by atoms with Crippen molar-refractivity contribution in [1.29, 1.82) is 0 Å². The van der Waals surface area contributed by atoms with Crippen LogP contribution in [0.2, 0.25) is 0 Å². The van der Waals surface area contributed by atoms with Crippen LogP contribution in [0.4, 0.5) is 5.69 Å². The van der Waals surface area contributed by atoms with Crippen LogP contribution in [-0.2, 0) is 6.61 Å². The smallest absolute Gasteiger partial charge is 0.851 e. The predicted octanol–water partition coefficient (Wildman–Crippen LogP) is -0.476. The van der Waals surface area contributed by atoms with Crippen LogP contribution in [0.25, 0.3) is 10.8 Å². The van der Waals surface area contributed by atoms with Crippen molar-refractivity contribution in [1.82, 2.24) is 0 Å². The van der Waals surface area contributed by atoms with E-state index in [-0.39, 0.29) is 58.0 Å². The van der Waals surface area contributed by atoms with Crippen LogP contribution in [-0.4, -0.2) is 6.04 Å². The van der Waals surface area contributed by atoms with E-state index in [4.69, 9.17) is 0 Å². The molecule has 0 aromatic heterocycles. The molecule has 0 spiro atoms. The molecule has 0 atom stereocenters. The zero-order valence-electron chi connectivity index (χ0n) is 10.7. The van der Waals surface area contributed by atoms with Crippen LogP contribution >= 0.6 is 0 Å². The van der Waals surface area contributed by atoms with Gasteiger partial charge in [0.2, 0.25) is 0 Å². The Morgan fingerprint density at radius 1 is 1.06 bits per heavy atom. The van der Waals surface area contributed by atoms with Crippen LogP contribution in [0.5, 0.6) is 0 Å². The molecular weight excluding hydrogens is 237 g/mol. The van der Waals surface area contributed by atoms with Crippen LogP contribution in [0, 0.1) is 0 Å². The van der Waals surface area contributed by atoms with Gasteiger partial charge in [-0.05, 0) is 36.8 Å². The van der Waals surface area contributed by atoms with Crippen LogP contribution in [0.3, 0.4) is 0 Å². The van der Waals surface area contributed by atoms with Crippen molar-refractivity contribution >= 4 is 16.5 Å². The van der Waals surface area contributed by atoms with Gasteiger partial charge in [0, 0.05) is 11.7 Å². The molecule has 0 radical (unpaired) electrons. The van der Waals surface area contributed by atoms with E-state index in [0.29, 0.717) is 6.04 Å². The second-order valence-electron chi connectivity index (χ2n) is 4.34. The van der Waals surface area contributed by atoms with Gasteiger partial charge in [0.25, 0.3) is 0 Å². The van der Waals surface area contributed by atoms with Crippen LogP contribution in [0.1, 0.15) is 19.4 Å². The molecule has 0 unspecified atom stereocenters.